The predicted molar refractivity (Wildman–Crippen MR) is 129 cm³/mol. The number of aromatic nitrogens is 2. The second-order valence-corrected chi connectivity index (χ2v) is 9.00. The number of nitrogens with zero attached hydrogens (tertiary/aromatic N) is 3. The molecule has 3 aromatic rings. The summed E-state index contributed by atoms with van der Waals surface area (Å²) in [5.41, 5.74) is 3.44. The maximum Gasteiger partial charge on any atom is 0.259 e. The molecular formula is C25H26F2N4OS. The minimum absolute atomic E-state index is 0.147. The second kappa shape index (κ2) is 9.87. The van der Waals surface area contributed by atoms with Crippen LogP contribution >= 0.6 is 11.8 Å². The fourth-order valence-electron chi connectivity index (χ4n) is 4.08. The van der Waals surface area contributed by atoms with Gasteiger partial charge in [0.05, 0.1) is 5.56 Å². The number of rotatable bonds is 5. The predicted octanol–water partition coefficient (Wildman–Crippen LogP) is 6.05. The number of thioether (sulfide) groups is 1. The maximum atomic E-state index is 14.0. The second-order valence-electron chi connectivity index (χ2n) is 8.12. The van der Waals surface area contributed by atoms with Crippen molar-refractivity contribution in [2.75, 3.05) is 29.6 Å². The molecule has 1 aromatic carbocycles. The summed E-state index contributed by atoms with van der Waals surface area (Å²) in [5.74, 6) is -2.56. The van der Waals surface area contributed by atoms with Crippen molar-refractivity contribution in [3.8, 4) is 11.1 Å². The van der Waals surface area contributed by atoms with Gasteiger partial charge >= 0.3 is 0 Å². The average molecular weight is 469 g/mol. The van der Waals surface area contributed by atoms with Gasteiger partial charge in [-0.25, -0.2) is 13.8 Å². The SMILES string of the molecule is CSc1cccc(NC(=O)c2c(N3CCCC(F)(F)CC3)ncc(-c3cccnc3)c2C)c1. The van der Waals surface area contributed by atoms with E-state index < -0.39 is 5.92 Å². The fraction of sp³-hybridized carbons (Fsp3) is 0.320. The van der Waals surface area contributed by atoms with E-state index in [2.05, 4.69) is 15.3 Å². The molecule has 0 aliphatic carbocycles. The number of carbonyl (C=O) groups excluding carboxylic acids is 1. The first kappa shape index (κ1) is 23.2. The quantitative estimate of drug-likeness (QED) is 0.462. The van der Waals surface area contributed by atoms with Crippen LogP contribution < -0.4 is 10.2 Å². The molecule has 4 rings (SSSR count). The number of pyridine rings is 2. The number of halogens is 2. The number of hydrogen-bond donors (Lipinski definition) is 1. The molecule has 1 fully saturated rings. The Hall–Kier alpha value is -3.00. The Balaban J connectivity index is 1.76. The summed E-state index contributed by atoms with van der Waals surface area (Å²) in [6.07, 6.45) is 7.02. The van der Waals surface area contributed by atoms with Gasteiger partial charge in [0.2, 0.25) is 5.92 Å². The highest BCUT2D eigenvalue weighted by Crippen LogP contribution is 2.34. The van der Waals surface area contributed by atoms with E-state index in [4.69, 9.17) is 0 Å². The van der Waals surface area contributed by atoms with Gasteiger partial charge in [-0.15, -0.1) is 11.8 Å². The third-order valence-electron chi connectivity index (χ3n) is 5.86. The van der Waals surface area contributed by atoms with E-state index >= 15 is 0 Å². The van der Waals surface area contributed by atoms with Crippen LogP contribution in [0.1, 0.15) is 35.2 Å². The standard InChI is InChI=1S/C25H26F2N4OS/c1-17-21(18-6-4-11-28-15-18)16-29-23(31-12-5-9-25(26,27)10-13-31)22(17)24(32)30-19-7-3-8-20(14-19)33-2/h3-4,6-8,11,14-16H,5,9-10,12-13H2,1-2H3,(H,30,32). The van der Waals surface area contributed by atoms with Gasteiger partial charge in [-0.3, -0.25) is 9.78 Å². The molecule has 1 aliphatic rings. The lowest BCUT2D eigenvalue weighted by Gasteiger charge is -2.26. The Labute approximate surface area is 196 Å². The summed E-state index contributed by atoms with van der Waals surface area (Å²) in [6, 6.07) is 11.3. The van der Waals surface area contributed by atoms with Crippen LogP contribution in [0.4, 0.5) is 20.3 Å². The Morgan fingerprint density at radius 3 is 2.76 bits per heavy atom. The molecule has 1 N–H and O–H groups in total. The van der Waals surface area contributed by atoms with Crippen molar-refractivity contribution in [3.63, 3.8) is 0 Å². The highest BCUT2D eigenvalue weighted by atomic mass is 32.2. The summed E-state index contributed by atoms with van der Waals surface area (Å²) in [5, 5.41) is 2.98. The summed E-state index contributed by atoms with van der Waals surface area (Å²) in [4.78, 5) is 25.2. The zero-order chi connectivity index (χ0) is 23.4. The van der Waals surface area contributed by atoms with Gasteiger partial charge in [0.25, 0.3) is 5.91 Å². The van der Waals surface area contributed by atoms with Crippen molar-refractivity contribution in [3.05, 3.63) is 66.1 Å². The van der Waals surface area contributed by atoms with Crippen molar-refractivity contribution >= 4 is 29.2 Å². The monoisotopic (exact) mass is 468 g/mol. The molecule has 0 atom stereocenters. The van der Waals surface area contributed by atoms with Crippen LogP contribution in [0.2, 0.25) is 0 Å². The smallest absolute Gasteiger partial charge is 0.259 e. The van der Waals surface area contributed by atoms with Gasteiger partial charge in [0.1, 0.15) is 5.82 Å². The minimum Gasteiger partial charge on any atom is -0.356 e. The van der Waals surface area contributed by atoms with Crippen LogP contribution in [0.15, 0.2) is 59.9 Å². The summed E-state index contributed by atoms with van der Waals surface area (Å²) < 4.78 is 28.0. The lowest BCUT2D eigenvalue weighted by molar-refractivity contribution is -0.0102. The topological polar surface area (TPSA) is 58.1 Å². The molecule has 1 amide bonds. The number of anilines is 2. The van der Waals surface area contributed by atoms with Crippen LogP contribution in [0.5, 0.6) is 0 Å². The molecule has 0 saturated carbocycles. The number of hydrogen-bond acceptors (Lipinski definition) is 5. The molecule has 2 aromatic heterocycles. The third-order valence-corrected chi connectivity index (χ3v) is 6.59. The Kier molecular flexibility index (Phi) is 6.93. The van der Waals surface area contributed by atoms with E-state index in [1.807, 2.05) is 54.5 Å². The number of nitrogens with one attached hydrogen (secondary N) is 1. The Bertz CT molecular complexity index is 1140. The number of benzene rings is 1. The van der Waals surface area contributed by atoms with Crippen molar-refractivity contribution in [1.29, 1.82) is 0 Å². The molecule has 172 valence electrons. The van der Waals surface area contributed by atoms with Gasteiger partial charge in [0.15, 0.2) is 0 Å². The van der Waals surface area contributed by atoms with Crippen LogP contribution in [-0.2, 0) is 0 Å². The lowest BCUT2D eigenvalue weighted by atomic mass is 9.98. The number of alkyl halides is 2. The summed E-state index contributed by atoms with van der Waals surface area (Å²) in [6.45, 7) is 2.44. The van der Waals surface area contributed by atoms with E-state index in [-0.39, 0.29) is 25.3 Å². The maximum absolute atomic E-state index is 14.0. The average Bonchev–Trinajstić information content (AvgIpc) is 2.99. The van der Waals surface area contributed by atoms with Gasteiger partial charge < -0.3 is 10.2 Å². The zero-order valence-electron chi connectivity index (χ0n) is 18.6. The van der Waals surface area contributed by atoms with Gasteiger partial charge in [0, 0.05) is 66.2 Å². The molecular weight excluding hydrogens is 442 g/mol. The zero-order valence-corrected chi connectivity index (χ0v) is 19.5. The first-order chi connectivity index (χ1) is 15.9. The fourth-order valence-corrected chi connectivity index (χ4v) is 4.54. The highest BCUT2D eigenvalue weighted by molar-refractivity contribution is 7.98. The third kappa shape index (κ3) is 5.33. The van der Waals surface area contributed by atoms with Gasteiger partial charge in [-0.05, 0) is 49.4 Å². The normalized spacial score (nSPS) is 15.7. The molecule has 1 saturated heterocycles. The van der Waals surface area contributed by atoms with Crippen molar-refractivity contribution in [1.82, 2.24) is 9.97 Å². The molecule has 0 spiro atoms. The van der Waals surface area contributed by atoms with Crippen molar-refractivity contribution in [2.45, 2.75) is 37.0 Å². The van der Waals surface area contributed by atoms with Crippen LogP contribution in [0.3, 0.4) is 0 Å². The lowest BCUT2D eigenvalue weighted by Crippen LogP contribution is -2.30. The van der Waals surface area contributed by atoms with Gasteiger partial charge in [-0.1, -0.05) is 12.1 Å². The largest absolute Gasteiger partial charge is 0.356 e. The minimum atomic E-state index is -2.69. The van der Waals surface area contributed by atoms with E-state index in [1.54, 1.807) is 30.4 Å². The molecule has 3 heterocycles. The highest BCUT2D eigenvalue weighted by Gasteiger charge is 2.33. The molecule has 0 bridgehead atoms. The molecule has 5 nitrogen and oxygen atoms in total. The van der Waals surface area contributed by atoms with Crippen LogP contribution in [0.25, 0.3) is 11.1 Å². The van der Waals surface area contributed by atoms with Crippen LogP contribution in [-0.4, -0.2) is 41.1 Å². The first-order valence-electron chi connectivity index (χ1n) is 10.9. The molecule has 0 radical (unpaired) electrons. The first-order valence-corrected chi connectivity index (χ1v) is 12.1. The van der Waals surface area contributed by atoms with E-state index in [0.29, 0.717) is 30.0 Å². The van der Waals surface area contributed by atoms with E-state index in [9.17, 15) is 13.6 Å². The van der Waals surface area contributed by atoms with Crippen molar-refractivity contribution in [2.24, 2.45) is 0 Å². The summed E-state index contributed by atoms with van der Waals surface area (Å²) in [7, 11) is 0. The molecule has 33 heavy (non-hydrogen) atoms. The van der Waals surface area contributed by atoms with E-state index in [1.165, 1.54) is 0 Å². The van der Waals surface area contributed by atoms with Gasteiger partial charge in [-0.2, -0.15) is 0 Å². The number of carbonyl (C=O) groups is 1. The Morgan fingerprint density at radius 2 is 2.00 bits per heavy atom. The van der Waals surface area contributed by atoms with E-state index in [0.717, 1.165) is 21.6 Å². The van der Waals surface area contributed by atoms with Crippen molar-refractivity contribution < 1.29 is 13.6 Å². The molecule has 8 heteroatoms. The Morgan fingerprint density at radius 1 is 1.15 bits per heavy atom. The number of amides is 1. The summed E-state index contributed by atoms with van der Waals surface area (Å²) >= 11 is 1.59. The molecule has 1 aliphatic heterocycles. The van der Waals surface area contributed by atoms with Crippen LogP contribution in [0, 0.1) is 6.92 Å². The molecule has 0 unspecified atom stereocenters.